The Morgan fingerprint density at radius 1 is 0.917 bits per heavy atom. The third kappa shape index (κ3) is 2.33. The Labute approximate surface area is 66.6 Å². The fraction of sp³-hybridized carbons (Fsp3) is 0. The highest BCUT2D eigenvalue weighted by atomic mass is 16.2. The minimum absolute atomic E-state index is 0.653. The number of hydrogen-bond donors (Lipinski definition) is 4. The van der Waals surface area contributed by atoms with Gasteiger partial charge in [0, 0.05) is 12.4 Å². The first kappa shape index (κ1) is 8.12. The summed E-state index contributed by atoms with van der Waals surface area (Å²) >= 11 is 0. The summed E-state index contributed by atoms with van der Waals surface area (Å²) in [6.45, 7) is 0. The van der Waals surface area contributed by atoms with E-state index in [1.807, 2.05) is 34.7 Å². The maximum absolute atomic E-state index is 9.99. The van der Waals surface area contributed by atoms with E-state index in [1.165, 1.54) is 0 Å². The van der Waals surface area contributed by atoms with E-state index in [9.17, 15) is 9.59 Å². The zero-order chi connectivity index (χ0) is 8.81. The van der Waals surface area contributed by atoms with Crippen LogP contribution in [-0.2, 0) is 0 Å². The summed E-state index contributed by atoms with van der Waals surface area (Å²) in [6.07, 6.45) is 3.75. The van der Waals surface area contributed by atoms with Gasteiger partial charge < -0.3 is 4.98 Å². The van der Waals surface area contributed by atoms with E-state index in [0.29, 0.717) is 0 Å². The normalized spacial score (nSPS) is 8.67. The van der Waals surface area contributed by atoms with Crippen LogP contribution >= 0.6 is 0 Å². The molecule has 2 aromatic heterocycles. The van der Waals surface area contributed by atoms with Gasteiger partial charge in [-0.05, 0) is 12.1 Å². The highest BCUT2D eigenvalue weighted by Crippen LogP contribution is 1.72. The lowest BCUT2D eigenvalue weighted by atomic mass is 10.7. The van der Waals surface area contributed by atoms with Gasteiger partial charge in [0.1, 0.15) is 0 Å². The Hall–Kier alpha value is -1.98. The molecule has 0 saturated carbocycles. The monoisotopic (exact) mass is 168 g/mol. The molecule has 0 aliphatic heterocycles. The van der Waals surface area contributed by atoms with Crippen LogP contribution in [0.25, 0.3) is 0 Å². The molecule has 2 rings (SSSR count). The molecule has 0 aromatic carbocycles. The predicted octanol–water partition coefficient (Wildman–Crippen LogP) is -0.594. The SMILES string of the molecule is O=c1[nH][nH][nH]c1=O.c1cc[nH]c1. The lowest BCUT2D eigenvalue weighted by molar-refractivity contribution is 0.923. The molecular weight excluding hydrogens is 160 g/mol. The topological polar surface area (TPSA) is 97.3 Å². The fourth-order valence-electron chi connectivity index (χ4n) is 0.536. The molecule has 0 amide bonds. The van der Waals surface area contributed by atoms with Crippen LogP contribution in [0.3, 0.4) is 0 Å². The van der Waals surface area contributed by atoms with E-state index in [0.717, 1.165) is 0 Å². The molecule has 2 aromatic rings. The predicted molar refractivity (Wildman–Crippen MR) is 42.8 cm³/mol. The van der Waals surface area contributed by atoms with Crippen LogP contribution < -0.4 is 11.1 Å². The average Bonchev–Trinajstić information content (AvgIpc) is 2.67. The standard InChI is InChI=1S/C4H5N.C2H3N3O2/c1-2-4-5-3-1;6-1-2(7)4-5-3-1/h1-5H;(H3,3,4,5,6,7). The van der Waals surface area contributed by atoms with Crippen molar-refractivity contribution in [2.24, 2.45) is 0 Å². The summed E-state index contributed by atoms with van der Waals surface area (Å²) in [4.78, 5) is 22.8. The third-order valence-corrected chi connectivity index (χ3v) is 1.05. The fourth-order valence-corrected chi connectivity index (χ4v) is 0.536. The summed E-state index contributed by atoms with van der Waals surface area (Å²) in [7, 11) is 0. The molecule has 2 heterocycles. The highest BCUT2D eigenvalue weighted by Gasteiger charge is 1.85. The molecule has 0 bridgehead atoms. The molecule has 4 N–H and O–H groups in total. The zero-order valence-corrected chi connectivity index (χ0v) is 6.13. The minimum atomic E-state index is -0.653. The molecular formula is C6H8N4O2. The van der Waals surface area contributed by atoms with Gasteiger partial charge in [0.2, 0.25) is 0 Å². The van der Waals surface area contributed by atoms with Crippen molar-refractivity contribution < 1.29 is 0 Å². The largest absolute Gasteiger partial charge is 0.368 e. The Morgan fingerprint density at radius 2 is 1.42 bits per heavy atom. The lowest BCUT2D eigenvalue weighted by Crippen LogP contribution is -2.20. The molecule has 0 radical (unpaired) electrons. The van der Waals surface area contributed by atoms with Crippen LogP contribution in [0.4, 0.5) is 0 Å². The number of hydrogen-bond acceptors (Lipinski definition) is 2. The van der Waals surface area contributed by atoms with Crippen molar-refractivity contribution in [1.82, 2.24) is 20.4 Å². The molecule has 64 valence electrons. The second kappa shape index (κ2) is 4.02. The summed E-state index contributed by atoms with van der Waals surface area (Å²) in [5.41, 5.74) is -1.31. The van der Waals surface area contributed by atoms with Gasteiger partial charge in [-0.3, -0.25) is 9.59 Å². The number of H-pyrrole nitrogens is 4. The molecule has 0 unspecified atom stereocenters. The Balaban J connectivity index is 0.000000127. The van der Waals surface area contributed by atoms with Crippen LogP contribution in [0.2, 0.25) is 0 Å². The van der Waals surface area contributed by atoms with E-state index >= 15 is 0 Å². The van der Waals surface area contributed by atoms with Crippen molar-refractivity contribution in [2.75, 3.05) is 0 Å². The number of aromatic amines is 4. The van der Waals surface area contributed by atoms with Crippen molar-refractivity contribution in [2.45, 2.75) is 0 Å². The van der Waals surface area contributed by atoms with E-state index in [2.05, 4.69) is 10.2 Å². The molecule has 6 nitrogen and oxygen atoms in total. The van der Waals surface area contributed by atoms with Gasteiger partial charge in [-0.25, -0.2) is 15.4 Å². The molecule has 0 spiro atoms. The van der Waals surface area contributed by atoms with Gasteiger partial charge in [0.05, 0.1) is 0 Å². The molecule has 0 aliphatic carbocycles. The van der Waals surface area contributed by atoms with Crippen LogP contribution in [0, 0.1) is 0 Å². The van der Waals surface area contributed by atoms with Crippen LogP contribution in [-0.4, -0.2) is 20.4 Å². The maximum Gasteiger partial charge on any atom is 0.330 e. The second-order valence-corrected chi connectivity index (χ2v) is 1.92. The van der Waals surface area contributed by atoms with Crippen LogP contribution in [0.1, 0.15) is 0 Å². The third-order valence-electron chi connectivity index (χ3n) is 1.05. The zero-order valence-electron chi connectivity index (χ0n) is 6.13. The molecule has 12 heavy (non-hydrogen) atoms. The summed E-state index contributed by atoms with van der Waals surface area (Å²) in [5.74, 6) is 0. The van der Waals surface area contributed by atoms with Crippen molar-refractivity contribution in [3.05, 3.63) is 45.2 Å². The van der Waals surface area contributed by atoms with Gasteiger partial charge in [-0.2, -0.15) is 0 Å². The summed E-state index contributed by atoms with van der Waals surface area (Å²) < 4.78 is 0. The van der Waals surface area contributed by atoms with Gasteiger partial charge in [0.15, 0.2) is 0 Å². The van der Waals surface area contributed by atoms with E-state index in [4.69, 9.17) is 0 Å². The number of aromatic nitrogens is 4. The Bertz CT molecular complexity index is 352. The Morgan fingerprint density at radius 3 is 1.58 bits per heavy atom. The quantitative estimate of drug-likeness (QED) is 0.395. The van der Waals surface area contributed by atoms with Gasteiger partial charge >= 0.3 is 11.1 Å². The van der Waals surface area contributed by atoms with E-state index in [-0.39, 0.29) is 0 Å². The first-order chi connectivity index (χ1) is 5.80. The van der Waals surface area contributed by atoms with Crippen LogP contribution in [0.5, 0.6) is 0 Å². The van der Waals surface area contributed by atoms with E-state index < -0.39 is 11.1 Å². The second-order valence-electron chi connectivity index (χ2n) is 1.92. The van der Waals surface area contributed by atoms with Crippen LogP contribution in [0.15, 0.2) is 34.1 Å². The lowest BCUT2D eigenvalue weighted by Gasteiger charge is -1.55. The molecule has 0 saturated heterocycles. The first-order valence-electron chi connectivity index (χ1n) is 3.24. The van der Waals surface area contributed by atoms with E-state index in [1.54, 1.807) is 0 Å². The molecule has 0 atom stereocenters. The molecule has 0 aliphatic rings. The highest BCUT2D eigenvalue weighted by molar-refractivity contribution is 4.84. The minimum Gasteiger partial charge on any atom is -0.368 e. The Kier molecular flexibility index (Phi) is 2.72. The van der Waals surface area contributed by atoms with Gasteiger partial charge in [0.25, 0.3) is 0 Å². The molecule has 0 fully saturated rings. The van der Waals surface area contributed by atoms with Gasteiger partial charge in [-0.15, -0.1) is 0 Å². The summed E-state index contributed by atoms with van der Waals surface area (Å²) in [6, 6.07) is 3.89. The number of rotatable bonds is 0. The number of nitrogens with one attached hydrogen (secondary N) is 4. The smallest absolute Gasteiger partial charge is 0.330 e. The first-order valence-corrected chi connectivity index (χ1v) is 3.24. The van der Waals surface area contributed by atoms with Gasteiger partial charge in [-0.1, -0.05) is 0 Å². The molecule has 6 heteroatoms. The van der Waals surface area contributed by atoms with Crippen molar-refractivity contribution in [1.29, 1.82) is 0 Å². The average molecular weight is 168 g/mol. The van der Waals surface area contributed by atoms with Crippen molar-refractivity contribution in [3.8, 4) is 0 Å². The summed E-state index contributed by atoms with van der Waals surface area (Å²) in [5, 5.41) is 6.16. The maximum atomic E-state index is 9.99. The van der Waals surface area contributed by atoms with Crippen molar-refractivity contribution >= 4 is 0 Å². The van der Waals surface area contributed by atoms with Crippen molar-refractivity contribution in [3.63, 3.8) is 0 Å².